The molecular formula is C24H15Cl5PbS. The Hall–Kier alpha value is -0.398. The quantitative estimate of drug-likeness (QED) is 0.116. The zero-order chi connectivity index (χ0) is 22.0. The standard InChI is InChI=1S/C6HCl5S.3C6H5.Pb/c7-1-2(8)4(10)6(12)5(11)3(1)9;3*1-2-4-6-5-3-1;/h12H;3*1-5H;/q;;;;+1/p-1. The van der Waals surface area contributed by atoms with Crippen LogP contribution in [0.3, 0.4) is 0 Å². The number of halogens is 5. The van der Waals surface area contributed by atoms with Gasteiger partial charge in [-0.05, 0) is 0 Å². The number of rotatable bonds is 5. The van der Waals surface area contributed by atoms with Crippen LogP contribution in [-0.2, 0) is 0 Å². The van der Waals surface area contributed by atoms with Crippen molar-refractivity contribution in [3.8, 4) is 0 Å². The molecule has 0 spiro atoms. The molecule has 7 heteroatoms. The SMILES string of the molecule is Clc1c(Cl)c(Cl)c([S][Pb]([c]2ccccc2)([c]2ccccc2)[c]2ccccc2)c(Cl)c1Cl. The van der Waals surface area contributed by atoms with E-state index in [9.17, 15) is 0 Å². The number of hydrogen-bond acceptors (Lipinski definition) is 1. The van der Waals surface area contributed by atoms with Crippen molar-refractivity contribution < 1.29 is 0 Å². The van der Waals surface area contributed by atoms with Gasteiger partial charge in [-0.3, -0.25) is 0 Å². The molecule has 0 fully saturated rings. The first-order valence-electron chi connectivity index (χ1n) is 9.34. The van der Waals surface area contributed by atoms with Crippen molar-refractivity contribution in [1.29, 1.82) is 0 Å². The fourth-order valence-corrected chi connectivity index (χ4v) is 32.8. The van der Waals surface area contributed by atoms with Crippen molar-refractivity contribution in [3.63, 3.8) is 0 Å². The fraction of sp³-hybridized carbons (Fsp3) is 0. The molecule has 0 N–H and O–H groups in total. The van der Waals surface area contributed by atoms with Crippen molar-refractivity contribution in [2.75, 3.05) is 0 Å². The Balaban J connectivity index is 2.08. The third-order valence-electron chi connectivity index (χ3n) is 4.97. The summed E-state index contributed by atoms with van der Waals surface area (Å²) in [4.78, 5) is 0.668. The van der Waals surface area contributed by atoms with Crippen LogP contribution in [0.1, 0.15) is 0 Å². The molecule has 0 nitrogen and oxygen atoms in total. The summed E-state index contributed by atoms with van der Waals surface area (Å²) >= 11 is 28.6. The molecule has 0 radical (unpaired) electrons. The molecule has 0 saturated heterocycles. The monoisotopic (exact) mass is 718 g/mol. The molecule has 0 saturated carbocycles. The zero-order valence-electron chi connectivity index (χ0n) is 16.0. The fourth-order valence-electron chi connectivity index (χ4n) is 3.52. The topological polar surface area (TPSA) is 0 Å². The van der Waals surface area contributed by atoms with E-state index in [2.05, 4.69) is 72.8 Å². The normalized spacial score (nSPS) is 11.5. The third kappa shape index (κ3) is 4.52. The maximum atomic E-state index is 6.70. The molecule has 31 heavy (non-hydrogen) atoms. The first kappa shape index (κ1) is 23.7. The molecule has 4 aromatic carbocycles. The van der Waals surface area contributed by atoms with Crippen LogP contribution in [0.4, 0.5) is 0 Å². The van der Waals surface area contributed by atoms with Gasteiger partial charge in [0.2, 0.25) is 0 Å². The Labute approximate surface area is 214 Å². The van der Waals surface area contributed by atoms with Crippen LogP contribution in [-0.4, -0.2) is 19.7 Å². The van der Waals surface area contributed by atoms with Crippen LogP contribution in [0.2, 0.25) is 25.1 Å². The van der Waals surface area contributed by atoms with Gasteiger partial charge in [0.05, 0.1) is 0 Å². The van der Waals surface area contributed by atoms with Gasteiger partial charge in [0, 0.05) is 0 Å². The van der Waals surface area contributed by atoms with E-state index >= 15 is 0 Å². The Kier molecular flexibility index (Phi) is 7.85. The van der Waals surface area contributed by atoms with Gasteiger partial charge < -0.3 is 0 Å². The third-order valence-corrected chi connectivity index (χ3v) is 33.9. The molecule has 0 aromatic heterocycles. The van der Waals surface area contributed by atoms with Crippen molar-refractivity contribution in [3.05, 3.63) is 116 Å². The van der Waals surface area contributed by atoms with Gasteiger partial charge in [0.1, 0.15) is 0 Å². The summed E-state index contributed by atoms with van der Waals surface area (Å²) in [6.45, 7) is 0. The van der Waals surface area contributed by atoms with Gasteiger partial charge in [-0.15, -0.1) is 0 Å². The van der Waals surface area contributed by atoms with E-state index in [1.807, 2.05) is 18.2 Å². The molecule has 156 valence electrons. The van der Waals surface area contributed by atoms with E-state index in [1.54, 1.807) is 8.31 Å². The molecule has 0 heterocycles. The minimum absolute atomic E-state index is 0.170. The molecule has 4 aromatic rings. The average molecular weight is 720 g/mol. The van der Waals surface area contributed by atoms with Crippen molar-refractivity contribution in [2.45, 2.75) is 4.90 Å². The van der Waals surface area contributed by atoms with E-state index in [0.29, 0.717) is 14.9 Å². The van der Waals surface area contributed by atoms with Crippen LogP contribution >= 0.6 is 66.3 Å². The Bertz CT molecular complexity index is 1080. The Morgan fingerprint density at radius 1 is 0.419 bits per heavy atom. The van der Waals surface area contributed by atoms with Gasteiger partial charge in [0.25, 0.3) is 0 Å². The molecule has 0 bridgehead atoms. The molecule has 0 aliphatic heterocycles. The van der Waals surface area contributed by atoms with Crippen LogP contribution in [0.15, 0.2) is 95.9 Å². The second-order valence-corrected chi connectivity index (χ2v) is 29.1. The van der Waals surface area contributed by atoms with E-state index in [0.717, 1.165) is 0 Å². The first-order valence-corrected chi connectivity index (χ1v) is 22.6. The summed E-state index contributed by atoms with van der Waals surface area (Å²) in [5.74, 6) is 0. The summed E-state index contributed by atoms with van der Waals surface area (Å²) in [6.07, 6.45) is 0. The van der Waals surface area contributed by atoms with Crippen LogP contribution in [0.25, 0.3) is 0 Å². The molecule has 0 unspecified atom stereocenters. The van der Waals surface area contributed by atoms with Gasteiger partial charge in [-0.25, -0.2) is 0 Å². The first-order chi connectivity index (χ1) is 15.0. The van der Waals surface area contributed by atoms with Crippen molar-refractivity contribution >= 4 is 95.4 Å². The maximum absolute atomic E-state index is 6.70. The summed E-state index contributed by atoms with van der Waals surface area (Å²) in [7, 11) is 1.72. The summed E-state index contributed by atoms with van der Waals surface area (Å²) in [5.41, 5.74) is 0. The number of hydrogen-bond donors (Lipinski definition) is 0. The number of benzene rings is 4. The Morgan fingerprint density at radius 3 is 1.03 bits per heavy atom. The van der Waals surface area contributed by atoms with Gasteiger partial charge >= 0.3 is 216 Å². The van der Waals surface area contributed by atoms with Crippen molar-refractivity contribution in [2.24, 2.45) is 0 Å². The van der Waals surface area contributed by atoms with E-state index in [1.165, 1.54) is 9.37 Å². The predicted octanol–water partition coefficient (Wildman–Crippen LogP) is 7.71. The second kappa shape index (κ2) is 10.3. The molecular weight excluding hydrogens is 705 g/mol. The van der Waals surface area contributed by atoms with E-state index < -0.39 is 19.7 Å². The summed E-state index contributed by atoms with van der Waals surface area (Å²) in [6, 6.07) is 31.6. The predicted molar refractivity (Wildman–Crippen MR) is 141 cm³/mol. The van der Waals surface area contributed by atoms with E-state index in [4.69, 9.17) is 58.0 Å². The van der Waals surface area contributed by atoms with Crippen LogP contribution in [0.5, 0.6) is 0 Å². The van der Waals surface area contributed by atoms with Gasteiger partial charge in [0.15, 0.2) is 0 Å². The summed E-state index contributed by atoms with van der Waals surface area (Å²) < 4.78 is 3.85. The van der Waals surface area contributed by atoms with E-state index in [-0.39, 0.29) is 15.1 Å². The molecule has 0 aliphatic carbocycles. The molecule has 4 rings (SSSR count). The van der Waals surface area contributed by atoms with Crippen LogP contribution < -0.4 is 9.37 Å². The molecule has 0 amide bonds. The molecule has 0 atom stereocenters. The zero-order valence-corrected chi connectivity index (χ0v) is 24.4. The molecule has 0 aliphatic rings. The Morgan fingerprint density at radius 2 is 0.710 bits per heavy atom. The second-order valence-electron chi connectivity index (χ2n) is 6.78. The summed E-state index contributed by atoms with van der Waals surface area (Å²) in [5, 5.41) is 1.27. The average Bonchev–Trinajstić information content (AvgIpc) is 2.83. The van der Waals surface area contributed by atoms with Crippen LogP contribution in [0, 0.1) is 0 Å². The van der Waals surface area contributed by atoms with Crippen molar-refractivity contribution in [1.82, 2.24) is 0 Å². The van der Waals surface area contributed by atoms with Gasteiger partial charge in [-0.1, -0.05) is 0 Å². The van der Waals surface area contributed by atoms with Gasteiger partial charge in [-0.2, -0.15) is 0 Å². The minimum atomic E-state index is -3.92.